The van der Waals surface area contributed by atoms with Gasteiger partial charge in [0.2, 0.25) is 0 Å². The lowest BCUT2D eigenvalue weighted by atomic mass is 10.4. The van der Waals surface area contributed by atoms with Crippen LogP contribution in [-0.2, 0) is 11.3 Å². The molecule has 0 atom stereocenters. The zero-order valence-corrected chi connectivity index (χ0v) is 10.9. The molecule has 0 aliphatic carbocycles. The lowest BCUT2D eigenvalue weighted by Crippen LogP contribution is -2.27. The summed E-state index contributed by atoms with van der Waals surface area (Å²) < 4.78 is 5.25. The third-order valence-electron chi connectivity index (χ3n) is 2.24. The molecule has 0 unspecified atom stereocenters. The Morgan fingerprint density at radius 1 is 1.41 bits per heavy atom. The average Bonchev–Trinajstić information content (AvgIpc) is 2.32. The largest absolute Gasteiger partial charge is 0.395 e. The third kappa shape index (κ3) is 4.46. The molecule has 1 aromatic heterocycles. The number of hydrogen-bond acceptors (Lipinski definition) is 5. The predicted molar refractivity (Wildman–Crippen MR) is 67.3 cm³/mol. The maximum Gasteiger partial charge on any atom is 0.158 e. The second kappa shape index (κ2) is 7.42. The molecule has 0 fully saturated rings. The maximum absolute atomic E-state index is 8.97. The van der Waals surface area contributed by atoms with E-state index in [0.717, 1.165) is 12.4 Å². The molecule has 0 aliphatic rings. The van der Waals surface area contributed by atoms with Gasteiger partial charge in [0.05, 0.1) is 6.61 Å². The fraction of sp³-hybridized carbons (Fsp3) is 0.636. The monoisotopic (exact) mass is 259 g/mol. The highest BCUT2D eigenvalue weighted by atomic mass is 35.5. The zero-order valence-electron chi connectivity index (χ0n) is 10.2. The van der Waals surface area contributed by atoms with Crippen LogP contribution in [0.15, 0.2) is 6.07 Å². The summed E-state index contributed by atoms with van der Waals surface area (Å²) in [6, 6.07) is 1.69. The van der Waals surface area contributed by atoms with Crippen molar-refractivity contribution in [3.05, 3.63) is 17.0 Å². The first-order valence-electron chi connectivity index (χ1n) is 5.68. The van der Waals surface area contributed by atoms with Gasteiger partial charge < -0.3 is 14.7 Å². The van der Waals surface area contributed by atoms with Crippen molar-refractivity contribution in [3.8, 4) is 0 Å². The minimum absolute atomic E-state index is 0.0796. The van der Waals surface area contributed by atoms with Crippen molar-refractivity contribution in [1.82, 2.24) is 9.97 Å². The van der Waals surface area contributed by atoms with Gasteiger partial charge in [-0.3, -0.25) is 0 Å². The van der Waals surface area contributed by atoms with E-state index in [2.05, 4.69) is 9.97 Å². The summed E-state index contributed by atoms with van der Waals surface area (Å²) in [5.74, 6) is 1.28. The Morgan fingerprint density at radius 2 is 2.18 bits per heavy atom. The van der Waals surface area contributed by atoms with Crippen molar-refractivity contribution in [2.45, 2.75) is 20.5 Å². The molecule has 1 N–H and O–H groups in total. The normalized spacial score (nSPS) is 10.6. The van der Waals surface area contributed by atoms with Gasteiger partial charge in [0.1, 0.15) is 17.6 Å². The fourth-order valence-corrected chi connectivity index (χ4v) is 1.62. The SMILES string of the molecule is CCOCc1nc(Cl)cc(N(CC)CCO)n1. The summed E-state index contributed by atoms with van der Waals surface area (Å²) in [5, 5.41) is 9.36. The smallest absolute Gasteiger partial charge is 0.158 e. The van der Waals surface area contributed by atoms with E-state index in [-0.39, 0.29) is 6.61 Å². The molecular formula is C11H18ClN3O2. The van der Waals surface area contributed by atoms with Gasteiger partial charge in [-0.05, 0) is 13.8 Å². The van der Waals surface area contributed by atoms with Gasteiger partial charge in [-0.1, -0.05) is 11.6 Å². The fourth-order valence-electron chi connectivity index (χ4n) is 1.43. The summed E-state index contributed by atoms with van der Waals surface area (Å²) >= 11 is 5.93. The lowest BCUT2D eigenvalue weighted by Gasteiger charge is -2.21. The van der Waals surface area contributed by atoms with Crippen LogP contribution in [0, 0.1) is 0 Å². The summed E-state index contributed by atoms with van der Waals surface area (Å²) in [5.41, 5.74) is 0. The highest BCUT2D eigenvalue weighted by Crippen LogP contribution is 2.16. The molecule has 0 saturated carbocycles. The van der Waals surface area contributed by atoms with Crippen LogP contribution in [0.2, 0.25) is 5.15 Å². The van der Waals surface area contributed by atoms with E-state index in [0.29, 0.717) is 30.7 Å². The van der Waals surface area contributed by atoms with Crippen molar-refractivity contribution in [2.75, 3.05) is 31.2 Å². The molecule has 96 valence electrons. The number of nitrogens with zero attached hydrogens (tertiary/aromatic N) is 3. The van der Waals surface area contributed by atoms with Crippen LogP contribution in [0.5, 0.6) is 0 Å². The Balaban J connectivity index is 2.86. The van der Waals surface area contributed by atoms with E-state index < -0.39 is 0 Å². The van der Waals surface area contributed by atoms with Crippen LogP contribution in [0.4, 0.5) is 5.82 Å². The van der Waals surface area contributed by atoms with E-state index in [4.69, 9.17) is 21.4 Å². The number of halogens is 1. The molecule has 0 aliphatic heterocycles. The maximum atomic E-state index is 8.97. The second-order valence-electron chi connectivity index (χ2n) is 3.41. The van der Waals surface area contributed by atoms with E-state index in [9.17, 15) is 0 Å². The molecular weight excluding hydrogens is 242 g/mol. The number of ether oxygens (including phenoxy) is 1. The highest BCUT2D eigenvalue weighted by Gasteiger charge is 2.09. The van der Waals surface area contributed by atoms with Gasteiger partial charge in [0.25, 0.3) is 0 Å². The van der Waals surface area contributed by atoms with Crippen LogP contribution < -0.4 is 4.90 Å². The van der Waals surface area contributed by atoms with Crippen LogP contribution in [0.25, 0.3) is 0 Å². The molecule has 6 heteroatoms. The molecule has 1 rings (SSSR count). The highest BCUT2D eigenvalue weighted by molar-refractivity contribution is 6.29. The Labute approximate surface area is 106 Å². The van der Waals surface area contributed by atoms with Crippen molar-refractivity contribution < 1.29 is 9.84 Å². The van der Waals surface area contributed by atoms with E-state index in [1.165, 1.54) is 0 Å². The van der Waals surface area contributed by atoms with Crippen LogP contribution in [0.3, 0.4) is 0 Å². The minimum Gasteiger partial charge on any atom is -0.395 e. The Morgan fingerprint density at radius 3 is 2.76 bits per heavy atom. The molecule has 1 aromatic rings. The molecule has 17 heavy (non-hydrogen) atoms. The number of hydrogen-bond donors (Lipinski definition) is 1. The van der Waals surface area contributed by atoms with Crippen molar-refractivity contribution in [2.24, 2.45) is 0 Å². The van der Waals surface area contributed by atoms with Gasteiger partial charge >= 0.3 is 0 Å². The number of anilines is 1. The summed E-state index contributed by atoms with van der Waals surface area (Å²) in [4.78, 5) is 10.4. The molecule has 1 heterocycles. The number of aliphatic hydroxyl groups is 1. The van der Waals surface area contributed by atoms with Gasteiger partial charge in [-0.2, -0.15) is 0 Å². The Hall–Kier alpha value is -0.910. The predicted octanol–water partition coefficient (Wildman–Crippen LogP) is 1.49. The average molecular weight is 260 g/mol. The van der Waals surface area contributed by atoms with Crippen molar-refractivity contribution >= 4 is 17.4 Å². The molecule has 5 nitrogen and oxygen atoms in total. The van der Waals surface area contributed by atoms with E-state index in [1.807, 2.05) is 18.7 Å². The quantitative estimate of drug-likeness (QED) is 0.752. The summed E-state index contributed by atoms with van der Waals surface area (Å²) in [6.45, 7) is 6.22. The zero-order chi connectivity index (χ0) is 12.7. The van der Waals surface area contributed by atoms with Crippen molar-refractivity contribution in [1.29, 1.82) is 0 Å². The van der Waals surface area contributed by atoms with Gasteiger partial charge in [0.15, 0.2) is 5.82 Å². The summed E-state index contributed by atoms with van der Waals surface area (Å²) in [6.07, 6.45) is 0. The van der Waals surface area contributed by atoms with Gasteiger partial charge in [0, 0.05) is 25.8 Å². The molecule has 0 saturated heterocycles. The third-order valence-corrected chi connectivity index (χ3v) is 2.43. The van der Waals surface area contributed by atoms with E-state index >= 15 is 0 Å². The molecule has 0 radical (unpaired) electrons. The Bertz CT molecular complexity index is 349. The number of aromatic nitrogens is 2. The van der Waals surface area contributed by atoms with Crippen molar-refractivity contribution in [3.63, 3.8) is 0 Å². The first kappa shape index (κ1) is 14.2. The number of rotatable bonds is 7. The second-order valence-corrected chi connectivity index (χ2v) is 3.79. The molecule has 0 bridgehead atoms. The summed E-state index contributed by atoms with van der Waals surface area (Å²) in [7, 11) is 0. The number of aliphatic hydroxyl groups excluding tert-OH is 1. The first-order valence-corrected chi connectivity index (χ1v) is 6.06. The standard InChI is InChI=1S/C11H18ClN3O2/c1-3-15(5-6-16)11-7-9(12)13-10(14-11)8-17-4-2/h7,16H,3-6,8H2,1-2H3. The lowest BCUT2D eigenvalue weighted by molar-refractivity contribution is 0.128. The minimum atomic E-state index is 0.0796. The van der Waals surface area contributed by atoms with E-state index in [1.54, 1.807) is 6.07 Å². The van der Waals surface area contributed by atoms with Crippen LogP contribution >= 0.6 is 11.6 Å². The van der Waals surface area contributed by atoms with Crippen LogP contribution in [-0.4, -0.2) is 41.4 Å². The Kier molecular flexibility index (Phi) is 6.18. The van der Waals surface area contributed by atoms with Crippen LogP contribution in [0.1, 0.15) is 19.7 Å². The first-order chi connectivity index (χ1) is 8.21. The van der Waals surface area contributed by atoms with Gasteiger partial charge in [-0.25, -0.2) is 9.97 Å². The molecule has 0 aromatic carbocycles. The number of likely N-dealkylation sites (N-methyl/N-ethyl adjacent to an activating group) is 1. The molecule has 0 amide bonds. The van der Waals surface area contributed by atoms with Gasteiger partial charge in [-0.15, -0.1) is 0 Å². The topological polar surface area (TPSA) is 58.5 Å². The molecule has 0 spiro atoms.